The smallest absolute Gasteiger partial charge is 0.262 e. The molecular formula is C23H21N3O3. The summed E-state index contributed by atoms with van der Waals surface area (Å²) in [5, 5.41) is 2.86. The summed E-state index contributed by atoms with van der Waals surface area (Å²) < 4.78 is 12.7. The Balaban J connectivity index is 1.44. The monoisotopic (exact) mass is 387 g/mol. The molecule has 0 atom stereocenters. The number of pyridine rings is 1. The second-order valence-corrected chi connectivity index (χ2v) is 6.69. The predicted molar refractivity (Wildman–Crippen MR) is 112 cm³/mol. The first-order valence-corrected chi connectivity index (χ1v) is 9.23. The molecule has 0 aliphatic heterocycles. The van der Waals surface area contributed by atoms with E-state index in [-0.39, 0.29) is 12.5 Å². The molecule has 0 aliphatic carbocycles. The zero-order valence-corrected chi connectivity index (χ0v) is 16.3. The molecule has 0 saturated carbocycles. The fourth-order valence-electron chi connectivity index (χ4n) is 3.02. The minimum absolute atomic E-state index is 0.0922. The molecule has 29 heavy (non-hydrogen) atoms. The normalized spacial score (nSPS) is 10.7. The number of amides is 1. The Labute approximate surface area is 168 Å². The van der Waals surface area contributed by atoms with Crippen LogP contribution >= 0.6 is 0 Å². The number of ether oxygens (including phenoxy) is 2. The number of hydrogen-bond donors (Lipinski definition) is 1. The maximum Gasteiger partial charge on any atom is 0.262 e. The number of carbonyl (C=O) groups excluding carboxylic acids is 1. The summed E-state index contributed by atoms with van der Waals surface area (Å²) in [7, 11) is 1.59. The third-order valence-electron chi connectivity index (χ3n) is 4.47. The highest BCUT2D eigenvalue weighted by Crippen LogP contribution is 2.23. The van der Waals surface area contributed by atoms with Gasteiger partial charge in [-0.05, 0) is 48.9 Å². The molecule has 0 saturated heterocycles. The third-order valence-corrected chi connectivity index (χ3v) is 4.47. The van der Waals surface area contributed by atoms with Gasteiger partial charge in [-0.1, -0.05) is 18.2 Å². The van der Waals surface area contributed by atoms with Crippen molar-refractivity contribution < 1.29 is 14.3 Å². The lowest BCUT2D eigenvalue weighted by atomic mass is 10.1. The fourth-order valence-corrected chi connectivity index (χ4v) is 3.02. The van der Waals surface area contributed by atoms with Gasteiger partial charge >= 0.3 is 0 Å². The van der Waals surface area contributed by atoms with Gasteiger partial charge < -0.3 is 19.2 Å². The number of imidazole rings is 1. The zero-order valence-electron chi connectivity index (χ0n) is 16.3. The number of benzene rings is 2. The second-order valence-electron chi connectivity index (χ2n) is 6.69. The van der Waals surface area contributed by atoms with Crippen molar-refractivity contribution in [1.29, 1.82) is 0 Å². The molecule has 0 spiro atoms. The highest BCUT2D eigenvalue weighted by Gasteiger charge is 2.08. The summed E-state index contributed by atoms with van der Waals surface area (Å²) in [6.07, 6.45) is 3.96. The molecule has 0 bridgehead atoms. The topological polar surface area (TPSA) is 64.9 Å². The number of carbonyl (C=O) groups is 1. The van der Waals surface area contributed by atoms with E-state index in [4.69, 9.17) is 9.47 Å². The first-order valence-electron chi connectivity index (χ1n) is 9.23. The molecule has 2 aromatic heterocycles. The molecule has 4 aromatic rings. The van der Waals surface area contributed by atoms with Crippen LogP contribution in [0.4, 0.5) is 5.69 Å². The quantitative estimate of drug-likeness (QED) is 0.535. The highest BCUT2D eigenvalue weighted by molar-refractivity contribution is 5.92. The first kappa shape index (κ1) is 18.6. The van der Waals surface area contributed by atoms with Crippen molar-refractivity contribution in [3.63, 3.8) is 0 Å². The average Bonchev–Trinajstić information content (AvgIpc) is 3.16. The van der Waals surface area contributed by atoms with Crippen LogP contribution in [0.1, 0.15) is 5.56 Å². The molecule has 0 radical (unpaired) electrons. The SMILES string of the molecule is COc1cccc(OCC(=O)Nc2cccc(-c3cn4ccc(C)cc4n3)c2)c1. The van der Waals surface area contributed by atoms with Crippen molar-refractivity contribution in [1.82, 2.24) is 9.38 Å². The number of rotatable bonds is 6. The Morgan fingerprint density at radius 3 is 2.76 bits per heavy atom. The summed E-state index contributed by atoms with van der Waals surface area (Å²) in [5.74, 6) is 1.02. The van der Waals surface area contributed by atoms with E-state index >= 15 is 0 Å². The van der Waals surface area contributed by atoms with Gasteiger partial charge in [-0.15, -0.1) is 0 Å². The summed E-state index contributed by atoms with van der Waals surface area (Å²) in [6.45, 7) is 1.95. The lowest BCUT2D eigenvalue weighted by Crippen LogP contribution is -2.20. The lowest BCUT2D eigenvalue weighted by Gasteiger charge is -2.09. The van der Waals surface area contributed by atoms with Gasteiger partial charge in [-0.25, -0.2) is 4.98 Å². The van der Waals surface area contributed by atoms with Gasteiger partial charge in [0.05, 0.1) is 12.8 Å². The van der Waals surface area contributed by atoms with Crippen LogP contribution in [0.25, 0.3) is 16.9 Å². The van der Waals surface area contributed by atoms with E-state index < -0.39 is 0 Å². The van der Waals surface area contributed by atoms with Gasteiger partial charge in [0.25, 0.3) is 5.91 Å². The van der Waals surface area contributed by atoms with Crippen LogP contribution in [-0.4, -0.2) is 29.0 Å². The number of aryl methyl sites for hydroxylation is 1. The summed E-state index contributed by atoms with van der Waals surface area (Å²) >= 11 is 0. The van der Waals surface area contributed by atoms with Crippen LogP contribution in [0, 0.1) is 6.92 Å². The number of fused-ring (bicyclic) bond motifs is 1. The fraction of sp³-hybridized carbons (Fsp3) is 0.130. The molecule has 6 nitrogen and oxygen atoms in total. The molecule has 0 unspecified atom stereocenters. The Morgan fingerprint density at radius 1 is 1.07 bits per heavy atom. The lowest BCUT2D eigenvalue weighted by molar-refractivity contribution is -0.118. The van der Waals surface area contributed by atoms with Gasteiger partial charge in [-0.2, -0.15) is 0 Å². The summed E-state index contributed by atoms with van der Waals surface area (Å²) in [5.41, 5.74) is 4.51. The van der Waals surface area contributed by atoms with Crippen LogP contribution in [0.3, 0.4) is 0 Å². The molecule has 2 aromatic carbocycles. The molecule has 1 N–H and O–H groups in total. The number of methoxy groups -OCH3 is 1. The number of hydrogen-bond acceptors (Lipinski definition) is 4. The Bertz CT molecular complexity index is 1170. The zero-order chi connectivity index (χ0) is 20.2. The maximum absolute atomic E-state index is 12.3. The molecule has 1 amide bonds. The van der Waals surface area contributed by atoms with Crippen LogP contribution in [0.15, 0.2) is 73.1 Å². The van der Waals surface area contributed by atoms with E-state index in [2.05, 4.69) is 10.3 Å². The molecule has 4 rings (SSSR count). The highest BCUT2D eigenvalue weighted by atomic mass is 16.5. The summed E-state index contributed by atoms with van der Waals surface area (Å²) in [4.78, 5) is 16.9. The Morgan fingerprint density at radius 2 is 1.90 bits per heavy atom. The van der Waals surface area contributed by atoms with Crippen molar-refractivity contribution in [3.05, 3.63) is 78.6 Å². The Hall–Kier alpha value is -3.80. The van der Waals surface area contributed by atoms with Gasteiger partial charge in [0.1, 0.15) is 17.1 Å². The van der Waals surface area contributed by atoms with E-state index in [1.54, 1.807) is 19.2 Å². The maximum atomic E-state index is 12.3. The molecule has 0 aliphatic rings. The van der Waals surface area contributed by atoms with E-state index in [9.17, 15) is 4.79 Å². The number of nitrogens with zero attached hydrogens (tertiary/aromatic N) is 2. The predicted octanol–water partition coefficient (Wildman–Crippen LogP) is 4.34. The molecule has 6 heteroatoms. The minimum Gasteiger partial charge on any atom is -0.497 e. The van der Waals surface area contributed by atoms with Crippen molar-refractivity contribution in [2.45, 2.75) is 6.92 Å². The van der Waals surface area contributed by atoms with E-state index in [1.165, 1.54) is 0 Å². The van der Waals surface area contributed by atoms with Crippen LogP contribution in [0.2, 0.25) is 0 Å². The van der Waals surface area contributed by atoms with Crippen LogP contribution < -0.4 is 14.8 Å². The second kappa shape index (κ2) is 8.06. The van der Waals surface area contributed by atoms with Crippen molar-refractivity contribution in [2.24, 2.45) is 0 Å². The van der Waals surface area contributed by atoms with Crippen molar-refractivity contribution in [2.75, 3.05) is 19.0 Å². The van der Waals surface area contributed by atoms with E-state index in [0.717, 1.165) is 22.5 Å². The minimum atomic E-state index is -0.240. The standard InChI is InChI=1S/C23H21N3O3/c1-16-9-10-26-14-21(25-22(26)11-16)17-5-3-6-18(12-17)24-23(27)15-29-20-8-4-7-19(13-20)28-2/h3-14H,15H2,1-2H3,(H,24,27). The van der Waals surface area contributed by atoms with Gasteiger partial charge in [0.15, 0.2) is 6.61 Å². The molecular weight excluding hydrogens is 366 g/mol. The van der Waals surface area contributed by atoms with Gasteiger partial charge in [0, 0.05) is 29.7 Å². The molecule has 146 valence electrons. The molecule has 2 heterocycles. The summed E-state index contributed by atoms with van der Waals surface area (Å²) in [6, 6.07) is 18.8. The number of anilines is 1. The Kier molecular flexibility index (Phi) is 5.16. The first-order chi connectivity index (χ1) is 14.1. The average molecular weight is 387 g/mol. The van der Waals surface area contributed by atoms with Crippen LogP contribution in [0.5, 0.6) is 11.5 Å². The third kappa shape index (κ3) is 4.38. The van der Waals surface area contributed by atoms with Gasteiger partial charge in [0.2, 0.25) is 0 Å². The van der Waals surface area contributed by atoms with Gasteiger partial charge in [-0.3, -0.25) is 4.79 Å². The number of nitrogens with one attached hydrogen (secondary N) is 1. The van der Waals surface area contributed by atoms with E-state index in [0.29, 0.717) is 17.2 Å². The largest absolute Gasteiger partial charge is 0.497 e. The van der Waals surface area contributed by atoms with Crippen molar-refractivity contribution in [3.8, 4) is 22.8 Å². The molecule has 0 fully saturated rings. The number of aromatic nitrogens is 2. The van der Waals surface area contributed by atoms with Crippen LogP contribution in [-0.2, 0) is 4.79 Å². The van der Waals surface area contributed by atoms with Crippen molar-refractivity contribution >= 4 is 17.2 Å². The van der Waals surface area contributed by atoms with E-state index in [1.807, 2.05) is 72.2 Å².